The van der Waals surface area contributed by atoms with Gasteiger partial charge in [-0.25, -0.2) is 5.06 Å². The number of nitrogens with one attached hydrogen (secondary N) is 1. The number of H-pyrrole nitrogens is 1. The van der Waals surface area contributed by atoms with Gasteiger partial charge in [-0.2, -0.15) is 5.26 Å². The highest BCUT2D eigenvalue weighted by atomic mass is 16.7. The van der Waals surface area contributed by atoms with Crippen molar-refractivity contribution in [3.05, 3.63) is 119 Å². The molecule has 3 aromatic carbocycles. The van der Waals surface area contributed by atoms with Gasteiger partial charge in [0, 0.05) is 27.7 Å². The molecule has 0 aliphatic carbocycles. The molecule has 0 fully saturated rings. The van der Waals surface area contributed by atoms with Crippen LogP contribution in [0.3, 0.4) is 0 Å². The quantitative estimate of drug-likeness (QED) is 0.287. The zero-order valence-corrected chi connectivity index (χ0v) is 18.7. The van der Waals surface area contributed by atoms with Gasteiger partial charge in [-0.1, -0.05) is 73.3 Å². The molecule has 0 aliphatic heterocycles. The summed E-state index contributed by atoms with van der Waals surface area (Å²) in [4.78, 5) is 23.0. The van der Waals surface area contributed by atoms with Gasteiger partial charge in [0.25, 0.3) is 5.91 Å². The summed E-state index contributed by atoms with van der Waals surface area (Å²) in [5, 5.41) is 12.2. The number of hydrogen-bond acceptors (Lipinski definition) is 3. The van der Waals surface area contributed by atoms with Gasteiger partial charge in [0.15, 0.2) is 0 Å². The lowest BCUT2D eigenvalue weighted by Crippen LogP contribution is -2.36. The smallest absolute Gasteiger partial charge is 0.273 e. The molecule has 1 N–H and O–H groups in total. The molecule has 1 aromatic heterocycles. The zero-order valence-electron chi connectivity index (χ0n) is 18.7. The second kappa shape index (κ2) is 9.56. The first-order valence-corrected chi connectivity index (χ1v) is 10.7. The summed E-state index contributed by atoms with van der Waals surface area (Å²) in [5.41, 5.74) is 5.19. The maximum Gasteiger partial charge on any atom is 0.273 e. The third-order valence-electron chi connectivity index (χ3n) is 5.61. The van der Waals surface area contributed by atoms with E-state index in [9.17, 15) is 10.1 Å². The minimum absolute atomic E-state index is 0.201. The van der Waals surface area contributed by atoms with E-state index >= 15 is 0 Å². The van der Waals surface area contributed by atoms with Crippen LogP contribution in [-0.2, 0) is 16.2 Å². The first-order chi connectivity index (χ1) is 16.0. The number of nitrogens with zero attached hydrogens (tertiary/aromatic N) is 2. The Kier molecular flexibility index (Phi) is 6.39. The minimum Gasteiger partial charge on any atom is -0.358 e. The molecule has 0 bridgehead atoms. The molecule has 0 aliphatic rings. The molecule has 5 heteroatoms. The molecule has 1 atom stereocenters. The summed E-state index contributed by atoms with van der Waals surface area (Å²) in [6, 6.07) is 26.5. The maximum absolute atomic E-state index is 13.4. The monoisotopic (exact) mass is 435 g/mol. The Morgan fingerprint density at radius 3 is 2.45 bits per heavy atom. The fourth-order valence-electron chi connectivity index (χ4n) is 4.04. The molecule has 0 spiro atoms. The molecule has 4 aromatic rings. The Labute approximate surface area is 193 Å². The molecule has 0 saturated heterocycles. The zero-order chi connectivity index (χ0) is 23.4. The predicted octanol–water partition coefficient (Wildman–Crippen LogP) is 5.97. The Morgan fingerprint density at radius 2 is 1.73 bits per heavy atom. The van der Waals surface area contributed by atoms with Crippen LogP contribution in [0, 0.1) is 18.3 Å². The topological polar surface area (TPSA) is 69.1 Å². The average Bonchev–Trinajstić information content (AvgIpc) is 3.17. The highest BCUT2D eigenvalue weighted by Crippen LogP contribution is 2.38. The lowest BCUT2D eigenvalue weighted by Gasteiger charge is -2.32. The summed E-state index contributed by atoms with van der Waals surface area (Å²) in [6.07, 6.45) is 0. The fraction of sp³-hybridized carbons (Fsp3) is 0.143. The number of carbonyl (C=O) groups is 1. The van der Waals surface area contributed by atoms with E-state index in [1.807, 2.05) is 79.7 Å². The summed E-state index contributed by atoms with van der Waals surface area (Å²) >= 11 is 0. The number of para-hydroxylation sites is 1. The van der Waals surface area contributed by atoms with Gasteiger partial charge in [-0.3, -0.25) is 9.63 Å². The second-order valence-corrected chi connectivity index (χ2v) is 7.98. The first kappa shape index (κ1) is 22.1. The van der Waals surface area contributed by atoms with E-state index < -0.39 is 6.04 Å². The highest BCUT2D eigenvalue weighted by molar-refractivity contribution is 5.93. The van der Waals surface area contributed by atoms with Crippen LogP contribution in [0.4, 0.5) is 0 Å². The largest absolute Gasteiger partial charge is 0.358 e. The van der Waals surface area contributed by atoms with Crippen LogP contribution in [-0.4, -0.2) is 16.0 Å². The average molecular weight is 436 g/mol. The van der Waals surface area contributed by atoms with E-state index in [0.717, 1.165) is 27.7 Å². The molecule has 1 unspecified atom stereocenters. The molecule has 0 radical (unpaired) electrons. The van der Waals surface area contributed by atoms with Gasteiger partial charge in [-0.05, 0) is 37.1 Å². The van der Waals surface area contributed by atoms with E-state index in [-0.39, 0.29) is 12.5 Å². The molecule has 164 valence electrons. The third-order valence-corrected chi connectivity index (χ3v) is 5.61. The number of fused-ring (bicyclic) bond motifs is 1. The lowest BCUT2D eigenvalue weighted by molar-refractivity contribution is -0.198. The summed E-state index contributed by atoms with van der Waals surface area (Å²) in [7, 11) is 0. The number of hydrogen-bond donors (Lipinski definition) is 1. The van der Waals surface area contributed by atoms with Crippen molar-refractivity contribution < 1.29 is 9.63 Å². The Morgan fingerprint density at radius 1 is 1.06 bits per heavy atom. The van der Waals surface area contributed by atoms with Crippen LogP contribution < -0.4 is 0 Å². The number of rotatable bonds is 7. The van der Waals surface area contributed by atoms with E-state index in [1.165, 1.54) is 5.06 Å². The molecule has 1 heterocycles. The van der Waals surface area contributed by atoms with Crippen LogP contribution in [0.15, 0.2) is 91.0 Å². The van der Waals surface area contributed by atoms with E-state index in [2.05, 4.69) is 17.6 Å². The standard InChI is InChI=1S/C28H25N3O2/c1-19(2)28(32)31(33-18-21-11-5-4-6-12-21)27(23-14-8-7-13-22(23)17-29)26-20(3)30-25-16-10-9-15-24(25)26/h4-16,27,30H,1,18H2,2-3H3. The van der Waals surface area contributed by atoms with Crippen LogP contribution in [0.1, 0.15) is 40.9 Å². The molecular formula is C28H25N3O2. The van der Waals surface area contributed by atoms with Gasteiger partial charge in [0.2, 0.25) is 0 Å². The summed E-state index contributed by atoms with van der Waals surface area (Å²) in [6.45, 7) is 7.71. The SMILES string of the molecule is C=C(C)C(=O)N(OCc1ccccc1)C(c1ccccc1C#N)c1c(C)[nH]c2ccccc12. The Hall–Kier alpha value is -4.14. The number of benzene rings is 3. The van der Waals surface area contributed by atoms with Crippen molar-refractivity contribution in [1.82, 2.24) is 10.0 Å². The molecule has 5 nitrogen and oxygen atoms in total. The van der Waals surface area contributed by atoms with Crippen LogP contribution in [0.2, 0.25) is 0 Å². The molecule has 4 rings (SSSR count). The van der Waals surface area contributed by atoms with Gasteiger partial charge in [-0.15, -0.1) is 0 Å². The predicted molar refractivity (Wildman–Crippen MR) is 129 cm³/mol. The number of carbonyl (C=O) groups excluding carboxylic acids is 1. The second-order valence-electron chi connectivity index (χ2n) is 7.98. The van der Waals surface area contributed by atoms with Gasteiger partial charge < -0.3 is 4.98 Å². The van der Waals surface area contributed by atoms with Gasteiger partial charge in [0.1, 0.15) is 12.6 Å². The molecular weight excluding hydrogens is 410 g/mol. The van der Waals surface area contributed by atoms with Crippen molar-refractivity contribution in [2.24, 2.45) is 0 Å². The van der Waals surface area contributed by atoms with Crippen molar-refractivity contribution >= 4 is 16.8 Å². The van der Waals surface area contributed by atoms with Crippen molar-refractivity contribution in [3.63, 3.8) is 0 Å². The van der Waals surface area contributed by atoms with E-state index in [1.54, 1.807) is 13.0 Å². The molecule has 1 amide bonds. The number of aromatic amines is 1. The van der Waals surface area contributed by atoms with E-state index in [0.29, 0.717) is 16.7 Å². The van der Waals surface area contributed by atoms with Crippen LogP contribution in [0.25, 0.3) is 10.9 Å². The van der Waals surface area contributed by atoms with Crippen molar-refractivity contribution in [3.8, 4) is 6.07 Å². The number of aromatic nitrogens is 1. The summed E-state index contributed by atoms with van der Waals surface area (Å²) < 4.78 is 0. The number of aryl methyl sites for hydroxylation is 1. The lowest BCUT2D eigenvalue weighted by atomic mass is 9.92. The van der Waals surface area contributed by atoms with Gasteiger partial charge >= 0.3 is 0 Å². The highest BCUT2D eigenvalue weighted by Gasteiger charge is 2.33. The minimum atomic E-state index is -0.648. The van der Waals surface area contributed by atoms with Crippen molar-refractivity contribution in [2.75, 3.05) is 0 Å². The first-order valence-electron chi connectivity index (χ1n) is 10.7. The maximum atomic E-state index is 13.4. The van der Waals surface area contributed by atoms with Gasteiger partial charge in [0.05, 0.1) is 11.6 Å². The number of hydroxylamine groups is 2. The number of nitriles is 1. The molecule has 33 heavy (non-hydrogen) atoms. The van der Waals surface area contributed by atoms with Crippen molar-refractivity contribution in [1.29, 1.82) is 5.26 Å². The number of amides is 1. The Bertz CT molecular complexity index is 1350. The van der Waals surface area contributed by atoms with E-state index in [4.69, 9.17) is 4.84 Å². The van der Waals surface area contributed by atoms with Crippen LogP contribution in [0.5, 0.6) is 0 Å². The third kappa shape index (κ3) is 4.43. The summed E-state index contributed by atoms with van der Waals surface area (Å²) in [5.74, 6) is -0.339. The fourth-order valence-corrected chi connectivity index (χ4v) is 4.04. The molecule has 0 saturated carbocycles. The normalized spacial score (nSPS) is 11.7. The van der Waals surface area contributed by atoms with Crippen LogP contribution >= 0.6 is 0 Å². The van der Waals surface area contributed by atoms with Crippen molar-refractivity contribution in [2.45, 2.75) is 26.5 Å². The Balaban J connectivity index is 1.92.